The molecule has 1 atom stereocenters. The fourth-order valence-corrected chi connectivity index (χ4v) is 4.00. The maximum absolute atomic E-state index is 12.9. The number of aryl methyl sites for hydroxylation is 2. The van der Waals surface area contributed by atoms with Crippen molar-refractivity contribution >= 4 is 5.91 Å². The molecule has 144 valence electrons. The molecule has 0 saturated carbocycles. The lowest BCUT2D eigenvalue weighted by atomic mass is 9.97. The molecular formula is C19H30N4O3. The Labute approximate surface area is 154 Å². The summed E-state index contributed by atoms with van der Waals surface area (Å²) < 4.78 is 5.40. The van der Waals surface area contributed by atoms with Gasteiger partial charge >= 0.3 is 0 Å². The van der Waals surface area contributed by atoms with Crippen LogP contribution in [-0.2, 0) is 16.0 Å². The molecule has 0 unspecified atom stereocenters. The van der Waals surface area contributed by atoms with Crippen LogP contribution in [0.4, 0.5) is 0 Å². The van der Waals surface area contributed by atoms with Gasteiger partial charge in [0.1, 0.15) is 5.82 Å². The van der Waals surface area contributed by atoms with Gasteiger partial charge in [-0.1, -0.05) is 0 Å². The third-order valence-electron chi connectivity index (χ3n) is 5.50. The first-order valence-corrected chi connectivity index (χ1v) is 9.70. The number of morpholine rings is 1. The normalized spacial score (nSPS) is 21.8. The van der Waals surface area contributed by atoms with E-state index >= 15 is 0 Å². The minimum atomic E-state index is -0.190. The zero-order valence-electron chi connectivity index (χ0n) is 15.9. The van der Waals surface area contributed by atoms with Crippen LogP contribution in [0.15, 0.2) is 4.79 Å². The van der Waals surface area contributed by atoms with Crippen molar-refractivity contribution in [2.75, 3.05) is 39.4 Å². The van der Waals surface area contributed by atoms with Crippen molar-refractivity contribution in [3.63, 3.8) is 0 Å². The summed E-state index contributed by atoms with van der Waals surface area (Å²) in [7, 11) is 0. The highest BCUT2D eigenvalue weighted by Gasteiger charge is 2.28. The maximum Gasteiger partial charge on any atom is 0.254 e. The van der Waals surface area contributed by atoms with E-state index in [1.165, 1.54) is 6.42 Å². The van der Waals surface area contributed by atoms with E-state index in [1.807, 2.05) is 4.90 Å². The second-order valence-electron chi connectivity index (χ2n) is 7.37. The van der Waals surface area contributed by atoms with Gasteiger partial charge in [-0.05, 0) is 39.5 Å². The van der Waals surface area contributed by atoms with E-state index in [0.29, 0.717) is 17.1 Å². The van der Waals surface area contributed by atoms with Crippen molar-refractivity contribution < 1.29 is 9.53 Å². The minimum Gasteiger partial charge on any atom is -0.379 e. The number of aromatic nitrogens is 2. The standard InChI is InChI=1S/C19H30N4O3/c1-14-17(19(25)21-15(2)20-14)13-18(24)23-7-4-3-5-16(23)6-8-22-9-11-26-12-10-22/h16H,3-13H2,1-2H3,(H,20,21,25)/t16-/m0/s1. The van der Waals surface area contributed by atoms with E-state index in [2.05, 4.69) is 14.9 Å². The van der Waals surface area contributed by atoms with Crippen LogP contribution in [0, 0.1) is 13.8 Å². The van der Waals surface area contributed by atoms with Crippen molar-refractivity contribution in [2.24, 2.45) is 0 Å². The van der Waals surface area contributed by atoms with Crippen LogP contribution in [0.5, 0.6) is 0 Å². The lowest BCUT2D eigenvalue weighted by molar-refractivity contribution is -0.134. The highest BCUT2D eigenvalue weighted by atomic mass is 16.5. The molecule has 1 aromatic heterocycles. The Morgan fingerprint density at radius 3 is 2.73 bits per heavy atom. The lowest BCUT2D eigenvalue weighted by Gasteiger charge is -2.37. The Hall–Kier alpha value is -1.73. The third-order valence-corrected chi connectivity index (χ3v) is 5.50. The molecular weight excluding hydrogens is 332 g/mol. The van der Waals surface area contributed by atoms with E-state index < -0.39 is 0 Å². The highest BCUT2D eigenvalue weighted by Crippen LogP contribution is 2.21. The Balaban J connectivity index is 1.63. The first-order valence-electron chi connectivity index (χ1n) is 9.70. The molecule has 7 heteroatoms. The van der Waals surface area contributed by atoms with E-state index in [4.69, 9.17) is 4.74 Å². The lowest BCUT2D eigenvalue weighted by Crippen LogP contribution is -2.47. The smallest absolute Gasteiger partial charge is 0.254 e. The molecule has 3 rings (SSSR count). The minimum absolute atomic E-state index is 0.0518. The zero-order chi connectivity index (χ0) is 18.5. The van der Waals surface area contributed by atoms with Crippen LogP contribution in [0.1, 0.15) is 42.8 Å². The summed E-state index contributed by atoms with van der Waals surface area (Å²) in [5.41, 5.74) is 0.963. The van der Waals surface area contributed by atoms with Crippen LogP contribution in [-0.4, -0.2) is 71.1 Å². The van der Waals surface area contributed by atoms with Crippen molar-refractivity contribution in [3.8, 4) is 0 Å². The number of hydrogen-bond acceptors (Lipinski definition) is 5. The van der Waals surface area contributed by atoms with Crippen LogP contribution in [0.25, 0.3) is 0 Å². The van der Waals surface area contributed by atoms with Crippen LogP contribution >= 0.6 is 0 Å². The molecule has 1 amide bonds. The quantitative estimate of drug-likeness (QED) is 0.846. The number of rotatable bonds is 5. The van der Waals surface area contributed by atoms with Gasteiger partial charge in [0.25, 0.3) is 5.56 Å². The number of nitrogens with zero attached hydrogens (tertiary/aromatic N) is 3. The molecule has 1 aromatic rings. The van der Waals surface area contributed by atoms with Gasteiger partial charge in [0.05, 0.1) is 19.6 Å². The first-order chi connectivity index (χ1) is 12.5. The molecule has 1 N–H and O–H groups in total. The molecule has 0 bridgehead atoms. The molecule has 7 nitrogen and oxygen atoms in total. The number of ether oxygens (including phenoxy) is 1. The van der Waals surface area contributed by atoms with Gasteiger partial charge in [-0.15, -0.1) is 0 Å². The second kappa shape index (κ2) is 8.77. The fraction of sp³-hybridized carbons (Fsp3) is 0.737. The topological polar surface area (TPSA) is 78.5 Å². The third kappa shape index (κ3) is 4.71. The molecule has 0 radical (unpaired) electrons. The maximum atomic E-state index is 12.9. The summed E-state index contributed by atoms with van der Waals surface area (Å²) in [4.78, 5) is 36.6. The summed E-state index contributed by atoms with van der Waals surface area (Å²) in [6.45, 7) is 8.91. The summed E-state index contributed by atoms with van der Waals surface area (Å²) >= 11 is 0. The number of piperidine rings is 1. The number of likely N-dealkylation sites (tertiary alicyclic amines) is 1. The van der Waals surface area contributed by atoms with Crippen LogP contribution in [0.2, 0.25) is 0 Å². The number of H-pyrrole nitrogens is 1. The molecule has 2 fully saturated rings. The predicted molar refractivity (Wildman–Crippen MR) is 99.3 cm³/mol. The first kappa shape index (κ1) is 19.0. The summed E-state index contributed by atoms with van der Waals surface area (Å²) in [6, 6.07) is 0.275. The molecule has 2 saturated heterocycles. The van der Waals surface area contributed by atoms with Crippen molar-refractivity contribution in [3.05, 3.63) is 27.4 Å². The van der Waals surface area contributed by atoms with Crippen LogP contribution < -0.4 is 5.56 Å². The highest BCUT2D eigenvalue weighted by molar-refractivity contribution is 5.79. The van der Waals surface area contributed by atoms with E-state index in [-0.39, 0.29) is 23.9 Å². The number of amides is 1. The number of carbonyl (C=O) groups excluding carboxylic acids is 1. The largest absolute Gasteiger partial charge is 0.379 e. The molecule has 3 heterocycles. The van der Waals surface area contributed by atoms with Gasteiger partial charge in [0.2, 0.25) is 5.91 Å². The van der Waals surface area contributed by atoms with Crippen molar-refractivity contribution in [2.45, 2.75) is 52.0 Å². The monoisotopic (exact) mass is 362 g/mol. The number of carbonyl (C=O) groups is 1. The SMILES string of the molecule is Cc1nc(C)c(CC(=O)N2CCCC[C@H]2CCN2CCOCC2)c(=O)[nH]1. The zero-order valence-corrected chi connectivity index (χ0v) is 15.9. The Morgan fingerprint density at radius 2 is 2.00 bits per heavy atom. The molecule has 2 aliphatic heterocycles. The summed E-state index contributed by atoms with van der Waals surface area (Å²) in [5.74, 6) is 0.640. The fourth-order valence-electron chi connectivity index (χ4n) is 4.00. The Kier molecular flexibility index (Phi) is 6.43. The van der Waals surface area contributed by atoms with Gasteiger partial charge in [-0.2, -0.15) is 0 Å². The molecule has 0 aliphatic carbocycles. The van der Waals surface area contributed by atoms with Gasteiger partial charge < -0.3 is 14.6 Å². The molecule has 0 aromatic carbocycles. The predicted octanol–water partition coefficient (Wildman–Crippen LogP) is 1.03. The van der Waals surface area contributed by atoms with Gasteiger partial charge in [0, 0.05) is 43.5 Å². The van der Waals surface area contributed by atoms with E-state index in [0.717, 1.165) is 58.7 Å². The van der Waals surface area contributed by atoms with Gasteiger partial charge in [0.15, 0.2) is 0 Å². The van der Waals surface area contributed by atoms with Gasteiger partial charge in [-0.25, -0.2) is 4.98 Å². The van der Waals surface area contributed by atoms with E-state index in [9.17, 15) is 9.59 Å². The van der Waals surface area contributed by atoms with E-state index in [1.54, 1.807) is 13.8 Å². The van der Waals surface area contributed by atoms with Crippen molar-refractivity contribution in [1.82, 2.24) is 19.8 Å². The Morgan fingerprint density at radius 1 is 1.23 bits per heavy atom. The molecule has 26 heavy (non-hydrogen) atoms. The number of hydrogen-bond donors (Lipinski definition) is 1. The number of aromatic amines is 1. The van der Waals surface area contributed by atoms with Crippen molar-refractivity contribution in [1.29, 1.82) is 0 Å². The van der Waals surface area contributed by atoms with Crippen LogP contribution in [0.3, 0.4) is 0 Å². The Bertz CT molecular complexity index is 682. The molecule has 0 spiro atoms. The average Bonchev–Trinajstić information content (AvgIpc) is 2.64. The number of nitrogens with one attached hydrogen (secondary N) is 1. The average molecular weight is 362 g/mol. The summed E-state index contributed by atoms with van der Waals surface area (Å²) in [5, 5.41) is 0. The molecule has 2 aliphatic rings. The van der Waals surface area contributed by atoms with Gasteiger partial charge in [-0.3, -0.25) is 14.5 Å². The second-order valence-corrected chi connectivity index (χ2v) is 7.37. The summed E-state index contributed by atoms with van der Waals surface area (Å²) in [6.07, 6.45) is 4.40.